The number of thioether (sulfide) groups is 4. The Morgan fingerprint density at radius 1 is 0.304 bits per heavy atom. The molecule has 0 saturated carbocycles. The van der Waals surface area contributed by atoms with Gasteiger partial charge in [-0.3, -0.25) is 0 Å². The number of unbranched alkanes of at least 4 members (excludes halogenated alkanes) is 7. The van der Waals surface area contributed by atoms with Gasteiger partial charge in [0.15, 0.2) is 0 Å². The average Bonchev–Trinajstić information content (AvgIpc) is 1.58. The van der Waals surface area contributed by atoms with Crippen LogP contribution in [0.4, 0.5) is 13.2 Å². The second-order valence-corrected chi connectivity index (χ2v) is 45.9. The lowest BCUT2D eigenvalue weighted by atomic mass is 9.79. The van der Waals surface area contributed by atoms with Gasteiger partial charge in [-0.15, -0.1) is 92.4 Å². The van der Waals surface area contributed by atoms with E-state index < -0.39 is 12.9 Å². The lowest BCUT2D eigenvalue weighted by Gasteiger charge is -2.15. The van der Waals surface area contributed by atoms with Crippen LogP contribution in [0, 0.1) is 58.9 Å². The maximum Gasteiger partial charge on any atom is 0.491 e. The van der Waals surface area contributed by atoms with Crippen molar-refractivity contribution in [2.45, 2.75) is 315 Å². The second kappa shape index (κ2) is 56.3. The quantitative estimate of drug-likeness (QED) is 0.0369. The van der Waals surface area contributed by atoms with Crippen molar-refractivity contribution in [2.24, 2.45) is 61.4 Å². The van der Waals surface area contributed by atoms with Gasteiger partial charge in [0.1, 0.15) is 37.6 Å². The Bertz CT molecular complexity index is 4500. The van der Waals surface area contributed by atoms with Crippen LogP contribution in [0.15, 0.2) is 153 Å². The van der Waals surface area contributed by atoms with E-state index in [0.717, 1.165) is 191 Å². The molecule has 11 rings (SSSR count). The minimum absolute atomic E-state index is 0.0539. The van der Waals surface area contributed by atoms with Crippen LogP contribution in [0.3, 0.4) is 0 Å². The molecule has 3 aromatic carbocycles. The minimum Gasteiger partial charge on any atom is -0.423 e. The summed E-state index contributed by atoms with van der Waals surface area (Å²) in [6.45, 7) is 31.9. The first-order valence-electron chi connectivity index (χ1n) is 48.0. The molecule has 0 amide bonds. The second-order valence-electron chi connectivity index (χ2n) is 34.7. The number of rotatable bonds is 52. The zero-order valence-electron chi connectivity index (χ0n) is 77.6. The number of halogens is 5. The molecule has 0 saturated heterocycles. The molecule has 7 unspecified atom stereocenters. The van der Waals surface area contributed by atoms with Gasteiger partial charge in [0, 0.05) is 71.6 Å². The SMILES string of the molecule is CCCCC(CC)CCc1ccc(-c2ccc(C3=C4C(SCC(CC)CCCC)=NC(c5ccc(-c6ccc(CCC(CC)CCCC)cc6F)s5)=C4C(SCC(CC)CCCC)=N3)s2)c(F)c1.CCCCC(CC)CCc1ccc(B(O)O)c(F)c1.CCCCC(CC)CSC1=NC(c2ccc(Br)s2)=C2C(SCC(CC)CCCC)=NC(c3ccc(Br)s3)=C12. The summed E-state index contributed by atoms with van der Waals surface area (Å²) < 4.78 is 48.1. The molecule has 6 nitrogen and oxygen atoms in total. The van der Waals surface area contributed by atoms with E-state index in [2.05, 4.69) is 189 Å². The molecule has 0 radical (unpaired) electrons. The van der Waals surface area contributed by atoms with Crippen LogP contribution in [-0.4, -0.2) is 60.4 Å². The van der Waals surface area contributed by atoms with Crippen LogP contribution in [0.1, 0.15) is 332 Å². The van der Waals surface area contributed by atoms with Crippen LogP contribution in [0.2, 0.25) is 0 Å². The van der Waals surface area contributed by atoms with Crippen molar-refractivity contribution in [3.63, 3.8) is 0 Å². The molecule has 4 aliphatic heterocycles. The Hall–Kier alpha value is -3.77. The lowest BCUT2D eigenvalue weighted by Crippen LogP contribution is -2.32. The first-order valence-corrected chi connectivity index (χ1v) is 56.8. The molecule has 4 aliphatic rings. The fraction of sp³-hybridized carbons (Fsp3) is 0.562. The smallest absolute Gasteiger partial charge is 0.423 e. The van der Waals surface area contributed by atoms with Gasteiger partial charge in [-0.05, 0) is 221 Å². The first-order chi connectivity index (χ1) is 60.7. The molecule has 8 heterocycles. The van der Waals surface area contributed by atoms with Crippen LogP contribution < -0.4 is 5.46 Å². The fourth-order valence-corrected chi connectivity index (χ4v) is 26.8. The largest absolute Gasteiger partial charge is 0.491 e. The van der Waals surface area contributed by atoms with Crippen molar-refractivity contribution in [3.05, 3.63) is 187 Å². The molecule has 4 aromatic heterocycles. The van der Waals surface area contributed by atoms with Crippen molar-refractivity contribution in [3.8, 4) is 20.9 Å². The van der Waals surface area contributed by atoms with E-state index in [0.29, 0.717) is 40.7 Å². The van der Waals surface area contributed by atoms with Crippen molar-refractivity contribution < 1.29 is 23.2 Å². The van der Waals surface area contributed by atoms with Crippen molar-refractivity contribution in [2.75, 3.05) is 23.0 Å². The highest BCUT2D eigenvalue weighted by molar-refractivity contribution is 9.11. The van der Waals surface area contributed by atoms with Crippen LogP contribution in [0.25, 0.3) is 43.7 Å². The molecule has 0 fully saturated rings. The molecule has 7 aromatic rings. The van der Waals surface area contributed by atoms with E-state index in [-0.39, 0.29) is 17.1 Å². The van der Waals surface area contributed by atoms with Gasteiger partial charge in [-0.25, -0.2) is 33.1 Å². The summed E-state index contributed by atoms with van der Waals surface area (Å²) in [6.07, 6.45) is 40.4. The third kappa shape index (κ3) is 31.2. The molecule has 125 heavy (non-hydrogen) atoms. The summed E-state index contributed by atoms with van der Waals surface area (Å²) in [6, 6.07) is 33.7. The number of hydrogen-bond donors (Lipinski definition) is 2. The summed E-state index contributed by atoms with van der Waals surface area (Å²) in [5.74, 6) is 8.16. The van der Waals surface area contributed by atoms with Gasteiger partial charge in [0.2, 0.25) is 0 Å². The van der Waals surface area contributed by atoms with Gasteiger partial charge in [0.25, 0.3) is 0 Å². The summed E-state index contributed by atoms with van der Waals surface area (Å²) in [5, 5.41) is 22.3. The highest BCUT2D eigenvalue weighted by Gasteiger charge is 2.40. The lowest BCUT2D eigenvalue weighted by molar-refractivity contribution is 0.420. The number of hydrogen-bond acceptors (Lipinski definition) is 14. The molecule has 0 spiro atoms. The molecular weight excluding hydrogens is 1830 g/mol. The van der Waals surface area contributed by atoms with Gasteiger partial charge in [0.05, 0.1) is 49.9 Å². The molecule has 0 aliphatic carbocycles. The number of fused-ring (bicyclic) bond motifs is 2. The topological polar surface area (TPSA) is 89.9 Å². The summed E-state index contributed by atoms with van der Waals surface area (Å²) in [7, 11) is -1.73. The maximum absolute atomic E-state index is 16.1. The monoisotopic (exact) mass is 1970 g/mol. The van der Waals surface area contributed by atoms with E-state index in [4.69, 9.17) is 30.0 Å². The predicted molar refractivity (Wildman–Crippen MR) is 565 cm³/mol. The molecule has 2 N–H and O–H groups in total. The number of aliphatic imine (C=N–C) groups is 4. The van der Waals surface area contributed by atoms with E-state index in [9.17, 15) is 4.39 Å². The summed E-state index contributed by atoms with van der Waals surface area (Å²) in [5.41, 5.74) is 13.2. The molecule has 7 atom stereocenters. The Balaban J connectivity index is 0.000000257. The molecule has 0 bridgehead atoms. The fourth-order valence-electron chi connectivity index (χ4n) is 16.8. The van der Waals surface area contributed by atoms with Crippen LogP contribution in [-0.2, 0) is 19.3 Å². The summed E-state index contributed by atoms with van der Waals surface area (Å²) >= 11 is 21.9. The number of thiophene rings is 4. The van der Waals surface area contributed by atoms with E-state index in [1.165, 1.54) is 194 Å². The molecule has 20 heteroatoms. The van der Waals surface area contributed by atoms with Crippen molar-refractivity contribution >= 4 is 180 Å². The minimum atomic E-state index is -1.73. The van der Waals surface area contributed by atoms with Crippen LogP contribution >= 0.6 is 124 Å². The molecular formula is C105H144BBr2F3N4O2S8. The summed E-state index contributed by atoms with van der Waals surface area (Å²) in [4.78, 5) is 28.3. The average molecular weight is 1980 g/mol. The highest BCUT2D eigenvalue weighted by Crippen LogP contribution is 2.54. The molecule has 682 valence electrons. The van der Waals surface area contributed by atoms with E-state index in [1.807, 2.05) is 59.2 Å². The first kappa shape index (κ1) is 105. The van der Waals surface area contributed by atoms with Gasteiger partial charge >= 0.3 is 7.12 Å². The third-order valence-electron chi connectivity index (χ3n) is 25.5. The Morgan fingerprint density at radius 3 is 0.792 bits per heavy atom. The van der Waals surface area contributed by atoms with Crippen molar-refractivity contribution in [1.29, 1.82) is 0 Å². The number of aryl methyl sites for hydroxylation is 3. The van der Waals surface area contributed by atoms with Gasteiger partial charge in [-0.2, -0.15) is 0 Å². The van der Waals surface area contributed by atoms with Gasteiger partial charge < -0.3 is 10.0 Å². The van der Waals surface area contributed by atoms with Crippen molar-refractivity contribution in [1.82, 2.24) is 0 Å². The Labute approximate surface area is 802 Å². The zero-order valence-corrected chi connectivity index (χ0v) is 87.3. The Morgan fingerprint density at radius 2 is 0.552 bits per heavy atom. The van der Waals surface area contributed by atoms with E-state index >= 15 is 8.78 Å². The predicted octanol–water partition coefficient (Wildman–Crippen LogP) is 35.4. The van der Waals surface area contributed by atoms with Gasteiger partial charge in [-0.1, -0.05) is 287 Å². The standard InChI is InChI=1S/C60H82F2N2S4.C30H38Br2N2S4.C15H24BFO2/c1-9-17-21-41(13-5)25-27-45-29-31-47(49(61)37-45)51-33-35-53(67-51)57-55-56(60(63-57)66-40-44(16-8)24-20-12-4)58(64-59(55)65-39-43(15-7)23-19-11-3)54-36-34-52(68-54)48-32-30-46(38-50(48)62)28-26-42(14-6)22-18-10-2;1-5-9-11-19(7-3)17-35-29-25-26(28(33-29)22-14-16-24(32)38-22)30(36-18-20(8-4)12-10-6-2)34-27(25)21-13-15-23(31)37-21;1-3-5-6-12(4-2)7-8-13-9-10-14(16(18)19)15(17)11-13/h29-38,41-44H,9-28,39-40H2,1-8H3;13-16,19-20H,5-12,17-18H2,1-4H3;9-12,18-19H,3-8H2,1-2H3. The zero-order chi connectivity index (χ0) is 89.7. The maximum atomic E-state index is 16.1. The van der Waals surface area contributed by atoms with E-state index in [1.54, 1.807) is 63.5 Å². The van der Waals surface area contributed by atoms with Crippen LogP contribution in [0.5, 0.6) is 0 Å². The normalized spacial score (nSPS) is 15.5. The highest BCUT2D eigenvalue weighted by atomic mass is 79.9. The Kier molecular flexibility index (Phi) is 47.3. The number of benzene rings is 3. The number of nitrogens with zero attached hydrogens (tertiary/aromatic N) is 4. The third-order valence-corrected chi connectivity index (χ3v) is 35.9.